The Morgan fingerprint density at radius 2 is 1.57 bits per heavy atom. The highest BCUT2D eigenvalue weighted by Gasteiger charge is 2.24. The first kappa shape index (κ1) is 16.0. The number of benzene rings is 2. The van der Waals surface area contributed by atoms with E-state index in [1.807, 2.05) is 0 Å². The molecule has 0 spiro atoms. The van der Waals surface area contributed by atoms with Gasteiger partial charge in [-0.15, -0.1) is 0 Å². The summed E-state index contributed by atoms with van der Waals surface area (Å²) in [5, 5.41) is 0. The average Bonchev–Trinajstić information content (AvgIpc) is 2.64. The lowest BCUT2D eigenvalue weighted by atomic mass is 10.0. The van der Waals surface area contributed by atoms with Gasteiger partial charge >= 0.3 is 0 Å². The highest BCUT2D eigenvalue weighted by molar-refractivity contribution is 5.46. The Morgan fingerprint density at radius 1 is 0.913 bits per heavy atom. The Hall–Kier alpha value is -1.84. The summed E-state index contributed by atoms with van der Waals surface area (Å²) >= 11 is 0. The minimum Gasteiger partial charge on any atom is -0.369 e. The van der Waals surface area contributed by atoms with Gasteiger partial charge in [0.2, 0.25) is 0 Å². The molecule has 1 fully saturated rings. The molecular weight excluding hydrogens is 282 g/mol. The fourth-order valence-electron chi connectivity index (χ4n) is 3.40. The molecule has 3 heteroatoms. The average molecular weight is 309 g/mol. The number of anilines is 1. The van der Waals surface area contributed by atoms with Crippen LogP contribution in [0.1, 0.15) is 24.1 Å². The van der Waals surface area contributed by atoms with Gasteiger partial charge in [-0.3, -0.25) is 4.90 Å². The van der Waals surface area contributed by atoms with Crippen LogP contribution in [0.15, 0.2) is 54.6 Å². The summed E-state index contributed by atoms with van der Waals surface area (Å²) in [7, 11) is 0. The molecule has 2 aromatic rings. The van der Waals surface area contributed by atoms with Crippen molar-refractivity contribution in [1.29, 1.82) is 0 Å². The zero-order chi connectivity index (χ0) is 16.1. The molecule has 1 unspecified atom stereocenters. The van der Waals surface area contributed by atoms with E-state index in [2.05, 4.69) is 71.3 Å². The van der Waals surface area contributed by atoms with Crippen LogP contribution in [0.25, 0.3) is 0 Å². The molecule has 122 valence electrons. The van der Waals surface area contributed by atoms with Crippen LogP contribution >= 0.6 is 0 Å². The molecule has 1 atom stereocenters. The maximum atomic E-state index is 6.10. The van der Waals surface area contributed by atoms with Crippen molar-refractivity contribution in [2.45, 2.75) is 19.4 Å². The quantitative estimate of drug-likeness (QED) is 0.921. The second kappa shape index (κ2) is 7.62. The second-order valence-electron chi connectivity index (χ2n) is 6.21. The smallest absolute Gasteiger partial charge is 0.0471 e. The van der Waals surface area contributed by atoms with E-state index in [0.29, 0.717) is 12.6 Å². The lowest BCUT2D eigenvalue weighted by molar-refractivity contribution is 0.190. The van der Waals surface area contributed by atoms with Crippen LogP contribution in [0.5, 0.6) is 0 Å². The van der Waals surface area contributed by atoms with Gasteiger partial charge < -0.3 is 10.6 Å². The van der Waals surface area contributed by atoms with Gasteiger partial charge in [0.15, 0.2) is 0 Å². The second-order valence-corrected chi connectivity index (χ2v) is 6.21. The highest BCUT2D eigenvalue weighted by Crippen LogP contribution is 2.24. The van der Waals surface area contributed by atoms with E-state index in [4.69, 9.17) is 5.73 Å². The maximum Gasteiger partial charge on any atom is 0.0471 e. The van der Waals surface area contributed by atoms with Gasteiger partial charge in [-0.2, -0.15) is 0 Å². The molecule has 1 aliphatic rings. The summed E-state index contributed by atoms with van der Waals surface area (Å²) in [6.07, 6.45) is 1.09. The van der Waals surface area contributed by atoms with E-state index in [9.17, 15) is 0 Å². The predicted molar refractivity (Wildman–Crippen MR) is 97.8 cm³/mol. The van der Waals surface area contributed by atoms with E-state index in [0.717, 1.165) is 32.6 Å². The molecule has 23 heavy (non-hydrogen) atoms. The molecular formula is C20H27N3. The fourth-order valence-corrected chi connectivity index (χ4v) is 3.40. The van der Waals surface area contributed by atoms with Crippen molar-refractivity contribution in [3.63, 3.8) is 0 Å². The number of piperazine rings is 1. The van der Waals surface area contributed by atoms with Crippen molar-refractivity contribution in [3.05, 3.63) is 65.7 Å². The van der Waals surface area contributed by atoms with E-state index >= 15 is 0 Å². The van der Waals surface area contributed by atoms with Crippen LogP contribution in [0.3, 0.4) is 0 Å². The molecule has 1 aliphatic heterocycles. The molecule has 0 saturated carbocycles. The van der Waals surface area contributed by atoms with Gasteiger partial charge in [-0.1, -0.05) is 49.4 Å². The van der Waals surface area contributed by atoms with Crippen LogP contribution < -0.4 is 10.6 Å². The highest BCUT2D eigenvalue weighted by atomic mass is 15.3. The monoisotopic (exact) mass is 309 g/mol. The predicted octanol–water partition coefficient (Wildman–Crippen LogP) is 3.07. The number of nitrogens with zero attached hydrogens (tertiary/aromatic N) is 2. The van der Waals surface area contributed by atoms with Crippen LogP contribution in [-0.4, -0.2) is 37.6 Å². The topological polar surface area (TPSA) is 32.5 Å². The minimum atomic E-state index is 0.332. The van der Waals surface area contributed by atoms with Crippen LogP contribution in [-0.2, 0) is 6.42 Å². The standard InChI is InChI=1S/C20H27N3/c1-2-17-8-10-18(11-9-17)20(16-21)23-14-12-22(13-15-23)19-6-4-3-5-7-19/h3-11,20H,2,12-16,21H2,1H3. The van der Waals surface area contributed by atoms with Crippen LogP contribution in [0.2, 0.25) is 0 Å². The minimum absolute atomic E-state index is 0.332. The molecule has 0 aliphatic carbocycles. The van der Waals surface area contributed by atoms with Crippen molar-refractivity contribution in [2.24, 2.45) is 5.73 Å². The lowest BCUT2D eigenvalue weighted by Crippen LogP contribution is -2.49. The Labute approximate surface area is 139 Å². The summed E-state index contributed by atoms with van der Waals surface area (Å²) in [6, 6.07) is 20.0. The molecule has 0 aromatic heterocycles. The number of nitrogens with two attached hydrogens (primary N) is 1. The third-order valence-electron chi connectivity index (χ3n) is 4.87. The zero-order valence-electron chi connectivity index (χ0n) is 14.0. The molecule has 2 N–H and O–H groups in total. The normalized spacial score (nSPS) is 17.2. The Bertz CT molecular complexity index is 586. The maximum absolute atomic E-state index is 6.10. The summed E-state index contributed by atoms with van der Waals surface area (Å²) in [4.78, 5) is 4.99. The first-order chi connectivity index (χ1) is 11.3. The van der Waals surface area contributed by atoms with Crippen molar-refractivity contribution < 1.29 is 0 Å². The zero-order valence-corrected chi connectivity index (χ0v) is 14.0. The number of rotatable bonds is 5. The molecule has 2 aromatic carbocycles. The number of para-hydroxylation sites is 1. The first-order valence-corrected chi connectivity index (χ1v) is 8.64. The van der Waals surface area contributed by atoms with Gasteiger partial charge in [-0.25, -0.2) is 0 Å². The van der Waals surface area contributed by atoms with Crippen LogP contribution in [0, 0.1) is 0 Å². The largest absolute Gasteiger partial charge is 0.369 e. The van der Waals surface area contributed by atoms with Gasteiger partial charge in [0.1, 0.15) is 0 Å². The molecule has 0 bridgehead atoms. The SMILES string of the molecule is CCc1ccc(C(CN)N2CCN(c3ccccc3)CC2)cc1. The molecule has 0 radical (unpaired) electrons. The third-order valence-corrected chi connectivity index (χ3v) is 4.87. The van der Waals surface area contributed by atoms with Crippen molar-refractivity contribution >= 4 is 5.69 Å². The number of aryl methyl sites for hydroxylation is 1. The number of hydrogen-bond donors (Lipinski definition) is 1. The lowest BCUT2D eigenvalue weighted by Gasteiger charge is -2.40. The van der Waals surface area contributed by atoms with Gasteiger partial charge in [-0.05, 0) is 29.7 Å². The summed E-state index contributed by atoms with van der Waals surface area (Å²) in [5.74, 6) is 0. The number of hydrogen-bond acceptors (Lipinski definition) is 3. The first-order valence-electron chi connectivity index (χ1n) is 8.64. The van der Waals surface area contributed by atoms with E-state index in [1.165, 1.54) is 16.8 Å². The molecule has 3 nitrogen and oxygen atoms in total. The van der Waals surface area contributed by atoms with Crippen molar-refractivity contribution in [1.82, 2.24) is 4.90 Å². The third kappa shape index (κ3) is 3.74. The summed E-state index contributed by atoms with van der Waals surface area (Å²) < 4.78 is 0. The Kier molecular flexibility index (Phi) is 5.31. The van der Waals surface area contributed by atoms with Gasteiger partial charge in [0.25, 0.3) is 0 Å². The Morgan fingerprint density at radius 3 is 2.13 bits per heavy atom. The molecule has 1 saturated heterocycles. The molecule has 1 heterocycles. The van der Waals surface area contributed by atoms with Gasteiger partial charge in [0.05, 0.1) is 0 Å². The van der Waals surface area contributed by atoms with Crippen molar-refractivity contribution in [3.8, 4) is 0 Å². The summed E-state index contributed by atoms with van der Waals surface area (Å²) in [5.41, 5.74) is 10.2. The van der Waals surface area contributed by atoms with Crippen molar-refractivity contribution in [2.75, 3.05) is 37.6 Å². The molecule has 0 amide bonds. The van der Waals surface area contributed by atoms with E-state index in [1.54, 1.807) is 0 Å². The summed E-state index contributed by atoms with van der Waals surface area (Å²) in [6.45, 7) is 7.12. The van der Waals surface area contributed by atoms with E-state index in [-0.39, 0.29) is 0 Å². The molecule has 3 rings (SSSR count). The Balaban J connectivity index is 1.65. The van der Waals surface area contributed by atoms with Gasteiger partial charge in [0, 0.05) is 44.5 Å². The fraction of sp³-hybridized carbons (Fsp3) is 0.400. The van der Waals surface area contributed by atoms with E-state index < -0.39 is 0 Å². The van der Waals surface area contributed by atoms with Crippen LogP contribution in [0.4, 0.5) is 5.69 Å².